The van der Waals surface area contributed by atoms with Gasteiger partial charge in [0.1, 0.15) is 18.1 Å². The number of hydrogen-bond donors (Lipinski definition) is 6. The zero-order valence-electron chi connectivity index (χ0n) is 18.1. The summed E-state index contributed by atoms with van der Waals surface area (Å²) in [5.74, 6) is -5.46. The maximum Gasteiger partial charge on any atom is 0.326 e. The van der Waals surface area contributed by atoms with E-state index in [4.69, 9.17) is 15.9 Å². The maximum absolute atomic E-state index is 12.9. The van der Waals surface area contributed by atoms with Crippen molar-refractivity contribution in [2.24, 2.45) is 17.6 Å². The third kappa shape index (κ3) is 8.76. The Hall–Kier alpha value is -2.69. The Morgan fingerprint density at radius 3 is 1.50 bits per heavy atom. The second kappa shape index (κ2) is 12.8. The molecule has 0 aromatic rings. The van der Waals surface area contributed by atoms with Crippen molar-refractivity contribution in [1.82, 2.24) is 16.0 Å². The Bertz CT molecular complexity index is 638. The number of carbonyl (C=O) groups is 5. The van der Waals surface area contributed by atoms with Crippen LogP contribution < -0.4 is 21.7 Å². The summed E-state index contributed by atoms with van der Waals surface area (Å²) < 4.78 is 0. The van der Waals surface area contributed by atoms with Gasteiger partial charge in [0.15, 0.2) is 0 Å². The Labute approximate surface area is 176 Å². The molecule has 0 radical (unpaired) electrons. The fourth-order valence-electron chi connectivity index (χ4n) is 2.57. The van der Waals surface area contributed by atoms with Gasteiger partial charge < -0.3 is 31.9 Å². The topological polar surface area (TPSA) is 188 Å². The molecule has 0 saturated carbocycles. The molecule has 0 aliphatic carbocycles. The van der Waals surface area contributed by atoms with E-state index in [1.807, 2.05) is 6.92 Å². The minimum atomic E-state index is -1.64. The lowest BCUT2D eigenvalue weighted by Gasteiger charge is -2.29. The molecule has 0 rings (SSSR count). The highest BCUT2D eigenvalue weighted by Crippen LogP contribution is 2.13. The second-order valence-corrected chi connectivity index (χ2v) is 7.53. The molecule has 30 heavy (non-hydrogen) atoms. The van der Waals surface area contributed by atoms with Gasteiger partial charge in [0.25, 0.3) is 0 Å². The number of hydrogen-bond acceptors (Lipinski definition) is 6. The average Bonchev–Trinajstić information content (AvgIpc) is 2.67. The van der Waals surface area contributed by atoms with Crippen molar-refractivity contribution in [1.29, 1.82) is 0 Å². The summed E-state index contributed by atoms with van der Waals surface area (Å²) in [6.45, 7) is 8.55. The van der Waals surface area contributed by atoms with Crippen LogP contribution >= 0.6 is 0 Å². The highest BCUT2D eigenvalue weighted by Gasteiger charge is 2.34. The lowest BCUT2D eigenvalue weighted by molar-refractivity contribution is -0.147. The lowest BCUT2D eigenvalue weighted by Crippen LogP contribution is -2.59. The fraction of sp³-hybridized carbons (Fsp3) is 0.737. The summed E-state index contributed by atoms with van der Waals surface area (Å²) in [6, 6.07) is -4.52. The van der Waals surface area contributed by atoms with Crippen LogP contribution in [0.3, 0.4) is 0 Å². The van der Waals surface area contributed by atoms with E-state index in [1.165, 1.54) is 6.92 Å². The molecule has 6 atom stereocenters. The van der Waals surface area contributed by atoms with Crippen LogP contribution in [0, 0.1) is 11.8 Å². The zero-order valence-corrected chi connectivity index (χ0v) is 18.1. The molecule has 11 nitrogen and oxygen atoms in total. The quantitative estimate of drug-likeness (QED) is 0.224. The van der Waals surface area contributed by atoms with Gasteiger partial charge in [-0.15, -0.1) is 0 Å². The molecule has 0 saturated heterocycles. The number of carboxylic acid groups (broad SMARTS) is 2. The first-order chi connectivity index (χ1) is 13.8. The molecule has 172 valence electrons. The molecular formula is C19H34N4O7. The van der Waals surface area contributed by atoms with Crippen molar-refractivity contribution in [3.63, 3.8) is 0 Å². The minimum Gasteiger partial charge on any atom is -0.481 e. The Morgan fingerprint density at radius 2 is 1.17 bits per heavy atom. The van der Waals surface area contributed by atoms with Crippen LogP contribution in [0.5, 0.6) is 0 Å². The second-order valence-electron chi connectivity index (χ2n) is 7.53. The largest absolute Gasteiger partial charge is 0.481 e. The SMILES string of the molecule is CCC(C)C(NC(=O)C(C)N)C(=O)NC(C(=O)NC(CC(=O)O)C(=O)O)C(C)CC. The van der Waals surface area contributed by atoms with Crippen molar-refractivity contribution in [2.75, 3.05) is 0 Å². The highest BCUT2D eigenvalue weighted by atomic mass is 16.4. The summed E-state index contributed by atoms with van der Waals surface area (Å²) >= 11 is 0. The van der Waals surface area contributed by atoms with Gasteiger partial charge in [-0.3, -0.25) is 19.2 Å². The maximum atomic E-state index is 12.9. The van der Waals surface area contributed by atoms with E-state index >= 15 is 0 Å². The van der Waals surface area contributed by atoms with E-state index in [9.17, 15) is 24.0 Å². The average molecular weight is 431 g/mol. The van der Waals surface area contributed by atoms with Crippen molar-refractivity contribution in [3.05, 3.63) is 0 Å². The van der Waals surface area contributed by atoms with Crippen molar-refractivity contribution in [2.45, 2.75) is 78.0 Å². The predicted octanol–water partition coefficient (Wildman–Crippen LogP) is -0.560. The Kier molecular flexibility index (Phi) is 11.6. The smallest absolute Gasteiger partial charge is 0.326 e. The van der Waals surface area contributed by atoms with E-state index < -0.39 is 60.2 Å². The Morgan fingerprint density at radius 1 is 0.767 bits per heavy atom. The van der Waals surface area contributed by atoms with E-state index in [-0.39, 0.29) is 11.8 Å². The van der Waals surface area contributed by atoms with Crippen LogP contribution in [0.2, 0.25) is 0 Å². The molecular weight excluding hydrogens is 396 g/mol. The highest BCUT2D eigenvalue weighted by molar-refractivity contribution is 5.94. The number of aliphatic carboxylic acids is 2. The molecule has 6 unspecified atom stereocenters. The first-order valence-electron chi connectivity index (χ1n) is 9.96. The summed E-state index contributed by atoms with van der Waals surface area (Å²) in [7, 11) is 0. The monoisotopic (exact) mass is 430 g/mol. The van der Waals surface area contributed by atoms with Crippen LogP contribution in [0.4, 0.5) is 0 Å². The van der Waals surface area contributed by atoms with Gasteiger partial charge in [-0.1, -0.05) is 40.5 Å². The van der Waals surface area contributed by atoms with Gasteiger partial charge in [0.05, 0.1) is 12.5 Å². The molecule has 7 N–H and O–H groups in total. The first-order valence-corrected chi connectivity index (χ1v) is 9.96. The minimum absolute atomic E-state index is 0.257. The molecule has 0 aliphatic heterocycles. The van der Waals surface area contributed by atoms with Gasteiger partial charge in [0.2, 0.25) is 17.7 Å². The number of amides is 3. The molecule has 0 bridgehead atoms. The number of carboxylic acids is 2. The van der Waals surface area contributed by atoms with Crippen LogP contribution in [0.25, 0.3) is 0 Å². The molecule has 3 amide bonds. The standard InChI is InChI=1S/C19H34N4O7/c1-6-9(3)14(17(27)21-12(19(29)30)8-13(24)25)23-18(28)15(10(4)7-2)22-16(26)11(5)20/h9-12,14-15H,6-8,20H2,1-5H3,(H,21,27)(H,22,26)(H,23,28)(H,24,25)(H,29,30). The third-order valence-electron chi connectivity index (χ3n) is 4.99. The normalized spacial score (nSPS) is 16.9. The van der Waals surface area contributed by atoms with Gasteiger partial charge in [-0.2, -0.15) is 0 Å². The number of rotatable bonds is 13. The summed E-state index contributed by atoms with van der Waals surface area (Å²) in [4.78, 5) is 59.7. The van der Waals surface area contributed by atoms with Crippen LogP contribution in [0.15, 0.2) is 0 Å². The van der Waals surface area contributed by atoms with Crippen LogP contribution in [-0.4, -0.2) is 64.0 Å². The summed E-state index contributed by atoms with van der Waals surface area (Å²) in [5.41, 5.74) is 5.56. The third-order valence-corrected chi connectivity index (χ3v) is 4.99. The lowest BCUT2D eigenvalue weighted by atomic mass is 9.94. The zero-order chi connectivity index (χ0) is 23.6. The van der Waals surface area contributed by atoms with Gasteiger partial charge >= 0.3 is 11.9 Å². The van der Waals surface area contributed by atoms with Crippen molar-refractivity contribution >= 4 is 29.7 Å². The van der Waals surface area contributed by atoms with Gasteiger partial charge in [0, 0.05) is 0 Å². The van der Waals surface area contributed by atoms with Crippen LogP contribution in [0.1, 0.15) is 53.9 Å². The number of nitrogens with two attached hydrogens (primary N) is 1. The molecule has 0 aromatic carbocycles. The van der Waals surface area contributed by atoms with E-state index in [1.54, 1.807) is 20.8 Å². The molecule has 0 fully saturated rings. The van der Waals surface area contributed by atoms with E-state index in [0.29, 0.717) is 12.8 Å². The Balaban J connectivity index is 5.57. The molecule has 0 heterocycles. The molecule has 0 spiro atoms. The number of nitrogens with one attached hydrogen (secondary N) is 3. The summed E-state index contributed by atoms with van der Waals surface area (Å²) in [5, 5.41) is 25.3. The fourth-order valence-corrected chi connectivity index (χ4v) is 2.57. The van der Waals surface area contributed by atoms with Crippen molar-refractivity contribution < 1.29 is 34.2 Å². The van der Waals surface area contributed by atoms with E-state index in [0.717, 1.165) is 0 Å². The molecule has 0 aliphatic rings. The van der Waals surface area contributed by atoms with E-state index in [2.05, 4.69) is 16.0 Å². The summed E-state index contributed by atoms with van der Waals surface area (Å²) in [6.07, 6.45) is 0.245. The first kappa shape index (κ1) is 27.3. The molecule has 11 heteroatoms. The number of carbonyl (C=O) groups excluding carboxylic acids is 3. The van der Waals surface area contributed by atoms with Crippen molar-refractivity contribution in [3.8, 4) is 0 Å². The molecule has 0 aromatic heterocycles. The van der Waals surface area contributed by atoms with Gasteiger partial charge in [-0.25, -0.2) is 4.79 Å². The predicted molar refractivity (Wildman–Crippen MR) is 108 cm³/mol. The van der Waals surface area contributed by atoms with Crippen LogP contribution in [-0.2, 0) is 24.0 Å². The van der Waals surface area contributed by atoms with Gasteiger partial charge in [-0.05, 0) is 18.8 Å².